The number of rotatable bonds is 8. The molecule has 0 bridgehead atoms. The molecule has 0 saturated carbocycles. The number of amides is 1. The highest BCUT2D eigenvalue weighted by Crippen LogP contribution is 2.27. The smallest absolute Gasteiger partial charge is 0.338 e. The molecule has 0 radical (unpaired) electrons. The number of carbonyl (C=O) groups excluding carboxylic acids is 2. The summed E-state index contributed by atoms with van der Waals surface area (Å²) in [6, 6.07) is 18.9. The number of benzene rings is 3. The lowest BCUT2D eigenvalue weighted by molar-refractivity contribution is -0.123. The van der Waals surface area contributed by atoms with Crippen LogP contribution in [0.15, 0.2) is 71.6 Å². The van der Waals surface area contributed by atoms with Crippen LogP contribution >= 0.6 is 0 Å². The summed E-state index contributed by atoms with van der Waals surface area (Å²) in [4.78, 5) is 24.9. The van der Waals surface area contributed by atoms with Crippen molar-refractivity contribution in [3.05, 3.63) is 83.4 Å². The van der Waals surface area contributed by atoms with Crippen LogP contribution in [0.1, 0.15) is 28.4 Å². The van der Waals surface area contributed by atoms with Crippen molar-refractivity contribution in [1.82, 2.24) is 0 Å². The van der Waals surface area contributed by atoms with Crippen molar-refractivity contribution >= 4 is 33.3 Å². The van der Waals surface area contributed by atoms with Crippen LogP contribution in [0, 0.1) is 18.3 Å². The molecule has 2 N–H and O–H groups in total. The fourth-order valence-electron chi connectivity index (χ4n) is 3.05. The van der Waals surface area contributed by atoms with Crippen LogP contribution in [0.5, 0.6) is 5.75 Å². The Morgan fingerprint density at radius 3 is 2.37 bits per heavy atom. The first-order chi connectivity index (χ1) is 16.6. The molecule has 0 heterocycles. The molecule has 180 valence electrons. The molecule has 1 amide bonds. The molecule has 0 aliphatic rings. The van der Waals surface area contributed by atoms with Crippen LogP contribution in [-0.2, 0) is 19.6 Å². The van der Waals surface area contributed by atoms with Gasteiger partial charge in [-0.05, 0) is 56.3 Å². The molecule has 10 heteroatoms. The number of sulfonamides is 1. The lowest BCUT2D eigenvalue weighted by Crippen LogP contribution is -2.30. The Labute approximate surface area is 203 Å². The van der Waals surface area contributed by atoms with Crippen molar-refractivity contribution < 1.29 is 27.5 Å². The molecule has 3 rings (SSSR count). The Morgan fingerprint density at radius 2 is 1.71 bits per heavy atom. The first kappa shape index (κ1) is 25.3. The van der Waals surface area contributed by atoms with E-state index in [-0.39, 0.29) is 27.5 Å². The quantitative estimate of drug-likeness (QED) is 0.455. The number of methoxy groups -OCH3 is 1. The average molecular weight is 494 g/mol. The van der Waals surface area contributed by atoms with Crippen LogP contribution in [0.25, 0.3) is 0 Å². The zero-order chi connectivity index (χ0) is 25.6. The normalized spacial score (nSPS) is 11.6. The Bertz CT molecular complexity index is 1400. The molecular formula is C25H23N3O6S. The second-order valence-corrected chi connectivity index (χ2v) is 9.18. The van der Waals surface area contributed by atoms with Crippen molar-refractivity contribution in [1.29, 1.82) is 5.26 Å². The van der Waals surface area contributed by atoms with Crippen LogP contribution in [-0.4, -0.2) is 33.5 Å². The maximum Gasteiger partial charge on any atom is 0.338 e. The van der Waals surface area contributed by atoms with Gasteiger partial charge >= 0.3 is 5.97 Å². The predicted molar refractivity (Wildman–Crippen MR) is 130 cm³/mol. The molecule has 3 aromatic rings. The highest BCUT2D eigenvalue weighted by atomic mass is 32.2. The molecule has 0 saturated heterocycles. The summed E-state index contributed by atoms with van der Waals surface area (Å²) in [6.07, 6.45) is -1.22. The van der Waals surface area contributed by atoms with Gasteiger partial charge in [0, 0.05) is 5.69 Å². The number of esters is 1. The van der Waals surface area contributed by atoms with Crippen LogP contribution in [0.3, 0.4) is 0 Å². The Kier molecular flexibility index (Phi) is 7.73. The molecule has 1 unspecified atom stereocenters. The zero-order valence-corrected chi connectivity index (χ0v) is 20.0. The number of hydrogen-bond acceptors (Lipinski definition) is 7. The largest absolute Gasteiger partial charge is 0.495 e. The standard InChI is InChI=1S/C25H23N3O6S/c1-16-8-11-20(12-9-16)28-35(31,32)23-14-18(10-13-22(23)33-3)25(30)34-17(2)24(29)27-21-7-5-4-6-19(21)15-26/h4-14,17,28H,1-3H3,(H,27,29). The lowest BCUT2D eigenvalue weighted by atomic mass is 10.2. The maximum absolute atomic E-state index is 13.0. The second kappa shape index (κ2) is 10.7. The first-order valence-electron chi connectivity index (χ1n) is 10.4. The van der Waals surface area contributed by atoms with Crippen molar-refractivity contribution in [2.24, 2.45) is 0 Å². The molecule has 35 heavy (non-hydrogen) atoms. The minimum absolute atomic E-state index is 0.0278. The fourth-order valence-corrected chi connectivity index (χ4v) is 4.31. The van der Waals surface area contributed by atoms with Crippen LogP contribution in [0.4, 0.5) is 11.4 Å². The van der Waals surface area contributed by atoms with Gasteiger partial charge in [0.2, 0.25) is 0 Å². The van der Waals surface area contributed by atoms with Gasteiger partial charge in [0.15, 0.2) is 6.10 Å². The number of nitrogens with one attached hydrogen (secondary N) is 2. The molecule has 1 atom stereocenters. The van der Waals surface area contributed by atoms with Gasteiger partial charge in [-0.15, -0.1) is 0 Å². The number of nitrogens with zero attached hydrogens (tertiary/aromatic N) is 1. The zero-order valence-electron chi connectivity index (χ0n) is 19.2. The van der Waals surface area contributed by atoms with E-state index in [9.17, 15) is 18.0 Å². The van der Waals surface area contributed by atoms with Gasteiger partial charge in [-0.3, -0.25) is 9.52 Å². The number of aryl methyl sites for hydroxylation is 1. The number of hydrogen-bond donors (Lipinski definition) is 2. The van der Waals surface area contributed by atoms with E-state index in [4.69, 9.17) is 14.7 Å². The van der Waals surface area contributed by atoms with E-state index in [2.05, 4.69) is 10.0 Å². The first-order valence-corrected chi connectivity index (χ1v) is 11.9. The SMILES string of the molecule is COc1ccc(C(=O)OC(C)C(=O)Nc2ccccc2C#N)cc1S(=O)(=O)Nc1ccc(C)cc1. The lowest BCUT2D eigenvalue weighted by Gasteiger charge is -2.16. The van der Waals surface area contributed by atoms with Crippen molar-refractivity contribution in [3.63, 3.8) is 0 Å². The van der Waals surface area contributed by atoms with Gasteiger partial charge in [0.1, 0.15) is 16.7 Å². The minimum Gasteiger partial charge on any atom is -0.495 e. The molecule has 0 aromatic heterocycles. The predicted octanol–water partition coefficient (Wildman–Crippen LogP) is 3.86. The topological polar surface area (TPSA) is 135 Å². The van der Waals surface area contributed by atoms with Crippen molar-refractivity contribution in [2.75, 3.05) is 17.1 Å². The van der Waals surface area contributed by atoms with Gasteiger partial charge in [0.05, 0.1) is 23.9 Å². The summed E-state index contributed by atoms with van der Waals surface area (Å²) in [6.45, 7) is 3.24. The van der Waals surface area contributed by atoms with E-state index < -0.39 is 28.0 Å². The number of nitriles is 1. The monoisotopic (exact) mass is 493 g/mol. The molecule has 0 fully saturated rings. The van der Waals surface area contributed by atoms with Crippen molar-refractivity contribution in [2.45, 2.75) is 24.8 Å². The summed E-state index contributed by atoms with van der Waals surface area (Å²) < 4.78 is 38.8. The second-order valence-electron chi connectivity index (χ2n) is 7.53. The molecule has 9 nitrogen and oxygen atoms in total. The Hall–Kier alpha value is -4.36. The van der Waals surface area contributed by atoms with E-state index in [1.807, 2.05) is 13.0 Å². The Morgan fingerprint density at radius 1 is 1.03 bits per heavy atom. The molecule has 3 aromatic carbocycles. The van der Waals surface area contributed by atoms with Crippen molar-refractivity contribution in [3.8, 4) is 11.8 Å². The molecular weight excluding hydrogens is 470 g/mol. The van der Waals surface area contributed by atoms with Crippen LogP contribution < -0.4 is 14.8 Å². The van der Waals surface area contributed by atoms with E-state index in [0.717, 1.165) is 11.6 Å². The summed E-state index contributed by atoms with van der Waals surface area (Å²) in [5.41, 5.74) is 1.75. The van der Waals surface area contributed by atoms with Gasteiger partial charge < -0.3 is 14.8 Å². The van der Waals surface area contributed by atoms with Gasteiger partial charge in [-0.25, -0.2) is 13.2 Å². The summed E-state index contributed by atoms with van der Waals surface area (Å²) in [5.74, 6) is -1.53. The number of carbonyl (C=O) groups is 2. The molecule has 0 spiro atoms. The van der Waals surface area contributed by atoms with E-state index >= 15 is 0 Å². The van der Waals surface area contributed by atoms with Crippen LogP contribution in [0.2, 0.25) is 0 Å². The molecule has 0 aliphatic carbocycles. The van der Waals surface area contributed by atoms with Gasteiger partial charge in [0.25, 0.3) is 15.9 Å². The number of para-hydroxylation sites is 1. The number of anilines is 2. The summed E-state index contributed by atoms with van der Waals surface area (Å²) in [7, 11) is -2.80. The van der Waals surface area contributed by atoms with E-state index in [0.29, 0.717) is 5.69 Å². The average Bonchev–Trinajstić information content (AvgIpc) is 2.85. The highest BCUT2D eigenvalue weighted by molar-refractivity contribution is 7.92. The minimum atomic E-state index is -4.11. The third-order valence-electron chi connectivity index (χ3n) is 4.95. The van der Waals surface area contributed by atoms with E-state index in [1.165, 1.54) is 32.2 Å². The molecule has 0 aliphatic heterocycles. The number of ether oxygens (including phenoxy) is 2. The maximum atomic E-state index is 13.0. The third kappa shape index (κ3) is 6.16. The highest BCUT2D eigenvalue weighted by Gasteiger charge is 2.25. The third-order valence-corrected chi connectivity index (χ3v) is 6.35. The fraction of sp³-hybridized carbons (Fsp3) is 0.160. The summed E-state index contributed by atoms with van der Waals surface area (Å²) in [5, 5.41) is 11.7. The Balaban J connectivity index is 1.79. The van der Waals surface area contributed by atoms with Gasteiger partial charge in [-0.1, -0.05) is 29.8 Å². The van der Waals surface area contributed by atoms with E-state index in [1.54, 1.807) is 42.5 Å². The van der Waals surface area contributed by atoms with Gasteiger partial charge in [-0.2, -0.15) is 5.26 Å². The summed E-state index contributed by atoms with van der Waals surface area (Å²) >= 11 is 0.